The van der Waals surface area contributed by atoms with Crippen LogP contribution in [0.1, 0.15) is 25.0 Å². The summed E-state index contributed by atoms with van der Waals surface area (Å²) in [5.74, 6) is -6.94. The first kappa shape index (κ1) is 28.0. The third-order valence-electron chi connectivity index (χ3n) is 4.45. The van der Waals surface area contributed by atoms with Crippen molar-refractivity contribution < 1.29 is 44.1 Å². The van der Waals surface area contributed by atoms with Gasteiger partial charge in [0.15, 0.2) is 0 Å². The van der Waals surface area contributed by atoms with Crippen molar-refractivity contribution in [2.75, 3.05) is 6.61 Å². The van der Waals surface area contributed by atoms with E-state index in [1.54, 1.807) is 0 Å². The minimum Gasteiger partial charge on any atom is -0.481 e. The van der Waals surface area contributed by atoms with E-state index >= 15 is 0 Å². The van der Waals surface area contributed by atoms with Gasteiger partial charge < -0.3 is 47.7 Å². The fourth-order valence-corrected chi connectivity index (χ4v) is 2.67. The fraction of sp³-hybridized carbons (Fsp3) is 0.500. The molecule has 1 aromatic rings. The number of nitrogens with two attached hydrogens (primary N) is 2. The Kier molecular flexibility index (Phi) is 11.1. The number of H-pyrrole nitrogens is 1. The number of primary amides is 1. The molecule has 0 saturated heterocycles. The van der Waals surface area contributed by atoms with Crippen molar-refractivity contribution in [3.8, 4) is 0 Å². The molecule has 0 saturated carbocycles. The summed E-state index contributed by atoms with van der Waals surface area (Å²) in [7, 11) is 0. The Labute approximate surface area is 192 Å². The number of rotatable bonds is 15. The molecule has 0 aliphatic carbocycles. The molecule has 188 valence electrons. The van der Waals surface area contributed by atoms with E-state index < -0.39 is 72.8 Å². The number of aliphatic carboxylic acids is 2. The van der Waals surface area contributed by atoms with Crippen LogP contribution in [0.2, 0.25) is 0 Å². The van der Waals surface area contributed by atoms with Gasteiger partial charge in [-0.2, -0.15) is 0 Å². The lowest BCUT2D eigenvalue weighted by Crippen LogP contribution is -2.58. The third kappa shape index (κ3) is 9.61. The Bertz CT molecular complexity index is 890. The molecule has 4 amide bonds. The SMILES string of the molecule is NC(=O)CCC(NC(=O)C(CC(=O)O)NC(=O)C(CO)NC(=O)C(N)Cc1cnc[nH]1)C(=O)O. The zero-order chi connectivity index (χ0) is 25.8. The number of nitrogens with zero attached hydrogens (tertiary/aromatic N) is 1. The van der Waals surface area contributed by atoms with Crippen LogP contribution in [0.15, 0.2) is 12.5 Å². The molecule has 16 heteroatoms. The van der Waals surface area contributed by atoms with Gasteiger partial charge in [0.2, 0.25) is 23.6 Å². The van der Waals surface area contributed by atoms with Crippen molar-refractivity contribution in [2.45, 2.75) is 49.9 Å². The van der Waals surface area contributed by atoms with E-state index in [1.807, 2.05) is 5.32 Å². The van der Waals surface area contributed by atoms with E-state index in [0.717, 1.165) is 0 Å². The maximum absolute atomic E-state index is 12.5. The lowest BCUT2D eigenvalue weighted by Gasteiger charge is -2.23. The third-order valence-corrected chi connectivity index (χ3v) is 4.45. The van der Waals surface area contributed by atoms with Gasteiger partial charge in [-0.3, -0.25) is 24.0 Å². The Morgan fingerprint density at radius 1 is 0.971 bits per heavy atom. The van der Waals surface area contributed by atoms with E-state index in [1.165, 1.54) is 12.5 Å². The highest BCUT2D eigenvalue weighted by atomic mass is 16.4. The molecule has 1 heterocycles. The summed E-state index contributed by atoms with van der Waals surface area (Å²) in [6, 6.07) is -6.05. The van der Waals surface area contributed by atoms with Crippen LogP contribution in [0, 0.1) is 0 Å². The maximum Gasteiger partial charge on any atom is 0.326 e. The molecular weight excluding hydrogens is 458 g/mol. The van der Waals surface area contributed by atoms with E-state index in [-0.39, 0.29) is 19.3 Å². The number of carbonyl (C=O) groups excluding carboxylic acids is 4. The van der Waals surface area contributed by atoms with Crippen molar-refractivity contribution in [2.24, 2.45) is 11.5 Å². The second kappa shape index (κ2) is 13.5. The van der Waals surface area contributed by atoms with Gasteiger partial charge in [0.05, 0.1) is 25.4 Å². The summed E-state index contributed by atoms with van der Waals surface area (Å²) < 4.78 is 0. The average molecular weight is 485 g/mol. The number of amides is 4. The van der Waals surface area contributed by atoms with E-state index in [4.69, 9.17) is 16.6 Å². The quantitative estimate of drug-likeness (QED) is 0.114. The molecule has 0 aliphatic heterocycles. The standard InChI is InChI=1S/C18H27N7O9/c19-9(3-8-5-21-7-22-8)15(30)25-12(6-26)17(32)24-11(4-14(28)29)16(31)23-10(18(33)34)1-2-13(20)27/h5,7,9-12,26H,1-4,6,19H2,(H2,20,27)(H,21,22)(H,23,31)(H,24,32)(H,25,30)(H,28,29)(H,33,34). The van der Waals surface area contributed by atoms with Gasteiger partial charge in [-0.15, -0.1) is 0 Å². The maximum atomic E-state index is 12.5. The largest absolute Gasteiger partial charge is 0.481 e. The topological polar surface area (TPSA) is 280 Å². The predicted octanol–water partition coefficient (Wildman–Crippen LogP) is -4.45. The molecule has 4 atom stereocenters. The molecule has 11 N–H and O–H groups in total. The highest BCUT2D eigenvalue weighted by Gasteiger charge is 2.31. The van der Waals surface area contributed by atoms with Gasteiger partial charge in [-0.05, 0) is 6.42 Å². The number of carboxylic acid groups (broad SMARTS) is 2. The summed E-state index contributed by atoms with van der Waals surface area (Å²) >= 11 is 0. The van der Waals surface area contributed by atoms with Gasteiger partial charge in [-0.25, -0.2) is 9.78 Å². The molecule has 1 rings (SSSR count). The summed E-state index contributed by atoms with van der Waals surface area (Å²) in [5, 5.41) is 34.0. The zero-order valence-electron chi connectivity index (χ0n) is 17.9. The van der Waals surface area contributed by atoms with Crippen LogP contribution < -0.4 is 27.4 Å². The minimum atomic E-state index is -1.76. The number of carbonyl (C=O) groups is 6. The Morgan fingerprint density at radius 3 is 2.06 bits per heavy atom. The normalized spacial score (nSPS) is 14.2. The first-order chi connectivity index (χ1) is 15.9. The monoisotopic (exact) mass is 485 g/mol. The molecule has 0 aliphatic rings. The van der Waals surface area contributed by atoms with Gasteiger partial charge in [0.25, 0.3) is 0 Å². The molecule has 0 radical (unpaired) electrons. The molecule has 34 heavy (non-hydrogen) atoms. The van der Waals surface area contributed by atoms with Gasteiger partial charge in [0.1, 0.15) is 18.1 Å². The molecule has 0 fully saturated rings. The van der Waals surface area contributed by atoms with Crippen LogP contribution in [-0.2, 0) is 35.2 Å². The number of hydrogen-bond acceptors (Lipinski definition) is 9. The second-order valence-electron chi connectivity index (χ2n) is 7.19. The van der Waals surface area contributed by atoms with Crippen molar-refractivity contribution in [1.82, 2.24) is 25.9 Å². The van der Waals surface area contributed by atoms with Crippen molar-refractivity contribution in [1.29, 1.82) is 0 Å². The van der Waals surface area contributed by atoms with Crippen LogP contribution in [0.5, 0.6) is 0 Å². The summed E-state index contributed by atoms with van der Waals surface area (Å²) in [5.41, 5.74) is 11.3. The lowest BCUT2D eigenvalue weighted by molar-refractivity contribution is -0.144. The van der Waals surface area contributed by atoms with Crippen LogP contribution >= 0.6 is 0 Å². The molecule has 0 spiro atoms. The van der Waals surface area contributed by atoms with Gasteiger partial charge in [0, 0.05) is 24.7 Å². The summed E-state index contributed by atoms with van der Waals surface area (Å²) in [6.07, 6.45) is 1.17. The fourth-order valence-electron chi connectivity index (χ4n) is 2.67. The number of carboxylic acids is 2. The van der Waals surface area contributed by atoms with Crippen molar-refractivity contribution in [3.05, 3.63) is 18.2 Å². The average Bonchev–Trinajstić information content (AvgIpc) is 3.26. The Hall–Kier alpha value is -4.05. The second-order valence-corrected chi connectivity index (χ2v) is 7.19. The predicted molar refractivity (Wildman–Crippen MR) is 111 cm³/mol. The summed E-state index contributed by atoms with van der Waals surface area (Å²) in [6.45, 7) is -0.911. The number of imidazole rings is 1. The van der Waals surface area contributed by atoms with Crippen LogP contribution in [-0.4, -0.2) is 91.6 Å². The highest BCUT2D eigenvalue weighted by molar-refractivity contribution is 5.95. The van der Waals surface area contributed by atoms with E-state index in [9.17, 15) is 39.0 Å². The van der Waals surface area contributed by atoms with Gasteiger partial charge in [-0.1, -0.05) is 0 Å². The van der Waals surface area contributed by atoms with Crippen molar-refractivity contribution in [3.63, 3.8) is 0 Å². The lowest BCUT2D eigenvalue weighted by atomic mass is 10.1. The first-order valence-corrected chi connectivity index (χ1v) is 9.92. The first-order valence-electron chi connectivity index (χ1n) is 9.92. The van der Waals surface area contributed by atoms with Crippen LogP contribution in [0.4, 0.5) is 0 Å². The number of aliphatic hydroxyl groups is 1. The Balaban J connectivity index is 2.82. The van der Waals surface area contributed by atoms with E-state index in [0.29, 0.717) is 5.69 Å². The van der Waals surface area contributed by atoms with Crippen LogP contribution in [0.25, 0.3) is 0 Å². The molecule has 0 bridgehead atoms. The molecule has 1 aromatic heterocycles. The minimum absolute atomic E-state index is 0.0392. The van der Waals surface area contributed by atoms with Gasteiger partial charge >= 0.3 is 11.9 Å². The smallest absolute Gasteiger partial charge is 0.326 e. The van der Waals surface area contributed by atoms with E-state index in [2.05, 4.69) is 20.6 Å². The number of aliphatic hydroxyl groups excluding tert-OH is 1. The molecule has 4 unspecified atom stereocenters. The Morgan fingerprint density at radius 2 is 1.56 bits per heavy atom. The van der Waals surface area contributed by atoms with Crippen LogP contribution in [0.3, 0.4) is 0 Å². The number of nitrogens with one attached hydrogen (secondary N) is 4. The zero-order valence-corrected chi connectivity index (χ0v) is 17.9. The summed E-state index contributed by atoms with van der Waals surface area (Å²) in [4.78, 5) is 77.0. The molecule has 0 aromatic carbocycles. The molecule has 16 nitrogen and oxygen atoms in total. The molecular formula is C18H27N7O9. The number of aromatic nitrogens is 2. The number of aromatic amines is 1. The van der Waals surface area contributed by atoms with Crippen molar-refractivity contribution >= 4 is 35.6 Å². The number of hydrogen-bond donors (Lipinski definition) is 9. The highest BCUT2D eigenvalue weighted by Crippen LogP contribution is 2.02.